The molecule has 0 aliphatic carbocycles. The predicted molar refractivity (Wildman–Crippen MR) is 105 cm³/mol. The number of rotatable bonds is 5. The van der Waals surface area contributed by atoms with Crippen LogP contribution in [0.4, 0.5) is 8.78 Å². The zero-order valence-corrected chi connectivity index (χ0v) is 16.3. The first-order chi connectivity index (χ1) is 14.0. The molecule has 1 amide bonds. The maximum absolute atomic E-state index is 13.6. The minimum absolute atomic E-state index is 0.0864. The number of amides is 1. The maximum Gasteiger partial charge on any atom is 0.264 e. The second kappa shape index (κ2) is 8.27. The van der Waals surface area contributed by atoms with Crippen LogP contribution in [0.25, 0.3) is 11.1 Å². The fraction of sp³-hybridized carbons (Fsp3) is 0.409. The highest BCUT2D eigenvalue weighted by Crippen LogP contribution is 2.34. The molecule has 1 fully saturated rings. The van der Waals surface area contributed by atoms with Crippen molar-refractivity contribution in [1.29, 1.82) is 0 Å². The van der Waals surface area contributed by atoms with Gasteiger partial charge in [0.2, 0.25) is 5.91 Å². The van der Waals surface area contributed by atoms with E-state index in [2.05, 4.69) is 10.1 Å². The van der Waals surface area contributed by atoms with Crippen LogP contribution in [-0.4, -0.2) is 34.0 Å². The summed E-state index contributed by atoms with van der Waals surface area (Å²) < 4.78 is 32.4. The first kappa shape index (κ1) is 19.5. The summed E-state index contributed by atoms with van der Waals surface area (Å²) in [6, 6.07) is 11.4. The van der Waals surface area contributed by atoms with Gasteiger partial charge < -0.3 is 9.42 Å². The number of benzene rings is 1. The molecule has 0 spiro atoms. The fourth-order valence-corrected chi connectivity index (χ4v) is 4.03. The normalized spacial score (nSPS) is 17.2. The number of carbonyl (C=O) groups is 1. The number of fused-ring (bicyclic) bond motifs is 1. The Morgan fingerprint density at radius 1 is 1.31 bits per heavy atom. The Balaban J connectivity index is 1.50. The molecule has 0 radical (unpaired) electrons. The van der Waals surface area contributed by atoms with Gasteiger partial charge in [0.25, 0.3) is 12.1 Å². The quantitative estimate of drug-likeness (QED) is 0.618. The molecule has 1 saturated heterocycles. The molecule has 0 bridgehead atoms. The molecule has 2 aromatic heterocycles. The van der Waals surface area contributed by atoms with Crippen molar-refractivity contribution in [2.45, 2.75) is 45.0 Å². The van der Waals surface area contributed by atoms with Gasteiger partial charge in [-0.1, -0.05) is 35.5 Å². The van der Waals surface area contributed by atoms with Crippen molar-refractivity contribution in [3.63, 3.8) is 0 Å². The van der Waals surface area contributed by atoms with E-state index in [9.17, 15) is 13.6 Å². The summed E-state index contributed by atoms with van der Waals surface area (Å²) in [4.78, 5) is 19.0. The number of hydrogen-bond acceptors (Lipinski definition) is 4. The van der Waals surface area contributed by atoms with E-state index in [0.29, 0.717) is 37.3 Å². The van der Waals surface area contributed by atoms with Crippen LogP contribution in [-0.2, 0) is 11.2 Å². The fourth-order valence-electron chi connectivity index (χ4n) is 4.03. The molecule has 1 atom stereocenters. The van der Waals surface area contributed by atoms with Crippen LogP contribution in [0.2, 0.25) is 0 Å². The second-order valence-electron chi connectivity index (χ2n) is 7.55. The van der Waals surface area contributed by atoms with Crippen molar-refractivity contribution < 1.29 is 18.1 Å². The minimum Gasteiger partial charge on any atom is -0.342 e. The lowest BCUT2D eigenvalue weighted by atomic mass is 9.92. The van der Waals surface area contributed by atoms with Gasteiger partial charge in [0.15, 0.2) is 0 Å². The standard InChI is InChI=1S/C22H23F2N3O2/c1-14-20-17(21(23)24)12-18(25-22(20)29-26-14)16-8-5-11-27(13-16)19(28)10-9-15-6-3-2-4-7-15/h2-4,6-7,12,16,21H,5,8-11,13H2,1H3/t16-/m1/s1. The number of aromatic nitrogens is 2. The third-order valence-electron chi connectivity index (χ3n) is 5.57. The summed E-state index contributed by atoms with van der Waals surface area (Å²) in [6.07, 6.45) is 0.118. The van der Waals surface area contributed by atoms with Crippen molar-refractivity contribution in [3.05, 3.63) is 58.9 Å². The SMILES string of the molecule is Cc1noc2nc([C@@H]3CCCN(C(=O)CCc4ccccc4)C3)cc(C(F)F)c12. The number of nitrogens with zero attached hydrogens (tertiary/aromatic N) is 3. The molecule has 1 aromatic carbocycles. The highest BCUT2D eigenvalue weighted by Gasteiger charge is 2.28. The van der Waals surface area contributed by atoms with Crippen LogP contribution in [0.5, 0.6) is 0 Å². The number of piperidine rings is 1. The smallest absolute Gasteiger partial charge is 0.264 e. The molecule has 0 saturated carbocycles. The van der Waals surface area contributed by atoms with Crippen LogP contribution in [0.1, 0.15) is 54.1 Å². The second-order valence-corrected chi connectivity index (χ2v) is 7.55. The van der Waals surface area contributed by atoms with Gasteiger partial charge in [0, 0.05) is 36.7 Å². The first-order valence-corrected chi connectivity index (χ1v) is 9.89. The molecule has 5 nitrogen and oxygen atoms in total. The monoisotopic (exact) mass is 399 g/mol. The molecular formula is C22H23F2N3O2. The summed E-state index contributed by atoms with van der Waals surface area (Å²) in [5, 5.41) is 4.07. The lowest BCUT2D eigenvalue weighted by Crippen LogP contribution is -2.39. The van der Waals surface area contributed by atoms with Crippen molar-refractivity contribution in [2.24, 2.45) is 0 Å². The molecule has 1 aliphatic rings. The molecular weight excluding hydrogens is 376 g/mol. The molecule has 3 aromatic rings. The third kappa shape index (κ3) is 4.13. The van der Waals surface area contributed by atoms with Crippen LogP contribution >= 0.6 is 0 Å². The number of pyridine rings is 1. The Bertz CT molecular complexity index is 1000. The maximum atomic E-state index is 13.6. The lowest BCUT2D eigenvalue weighted by molar-refractivity contribution is -0.132. The van der Waals surface area contributed by atoms with E-state index >= 15 is 0 Å². The van der Waals surface area contributed by atoms with Crippen LogP contribution in [0.3, 0.4) is 0 Å². The van der Waals surface area contributed by atoms with Crippen LogP contribution in [0.15, 0.2) is 40.9 Å². The minimum atomic E-state index is -2.63. The van der Waals surface area contributed by atoms with Crippen molar-refractivity contribution in [3.8, 4) is 0 Å². The van der Waals surface area contributed by atoms with E-state index in [0.717, 1.165) is 18.4 Å². The Morgan fingerprint density at radius 2 is 2.10 bits per heavy atom. The van der Waals surface area contributed by atoms with Gasteiger partial charge in [-0.3, -0.25) is 4.79 Å². The Kier molecular flexibility index (Phi) is 5.56. The van der Waals surface area contributed by atoms with Gasteiger partial charge >= 0.3 is 0 Å². The topological polar surface area (TPSA) is 59.2 Å². The van der Waals surface area contributed by atoms with Gasteiger partial charge in [-0.15, -0.1) is 0 Å². The summed E-state index contributed by atoms with van der Waals surface area (Å²) >= 11 is 0. The van der Waals surface area contributed by atoms with Gasteiger partial charge in [0.1, 0.15) is 0 Å². The summed E-state index contributed by atoms with van der Waals surface area (Å²) in [5.74, 6) is 0.000885. The predicted octanol–water partition coefficient (Wildman–Crippen LogP) is 4.81. The van der Waals surface area contributed by atoms with E-state index in [1.54, 1.807) is 6.92 Å². The highest BCUT2D eigenvalue weighted by atomic mass is 19.3. The third-order valence-corrected chi connectivity index (χ3v) is 5.57. The number of hydrogen-bond donors (Lipinski definition) is 0. The van der Waals surface area contributed by atoms with Crippen LogP contribution < -0.4 is 0 Å². The Hall–Kier alpha value is -2.83. The largest absolute Gasteiger partial charge is 0.342 e. The Labute approximate surface area is 167 Å². The molecule has 152 valence electrons. The molecule has 3 heterocycles. The van der Waals surface area contributed by atoms with E-state index < -0.39 is 6.43 Å². The zero-order valence-electron chi connectivity index (χ0n) is 16.3. The number of carbonyl (C=O) groups excluding carboxylic acids is 1. The highest BCUT2D eigenvalue weighted by molar-refractivity contribution is 5.80. The Morgan fingerprint density at radius 3 is 2.86 bits per heavy atom. The van der Waals surface area contributed by atoms with Gasteiger partial charge in [-0.2, -0.15) is 0 Å². The van der Waals surface area contributed by atoms with Gasteiger partial charge in [-0.25, -0.2) is 13.8 Å². The molecule has 29 heavy (non-hydrogen) atoms. The molecule has 0 N–H and O–H groups in total. The van der Waals surface area contributed by atoms with Gasteiger partial charge in [-0.05, 0) is 37.8 Å². The zero-order chi connectivity index (χ0) is 20.4. The molecule has 7 heteroatoms. The number of alkyl halides is 2. The van der Waals surface area contributed by atoms with Crippen LogP contribution in [0, 0.1) is 6.92 Å². The van der Waals surface area contributed by atoms with Gasteiger partial charge in [0.05, 0.1) is 11.1 Å². The average Bonchev–Trinajstić information content (AvgIpc) is 3.13. The summed E-state index contributed by atoms with van der Waals surface area (Å²) in [7, 11) is 0. The lowest BCUT2D eigenvalue weighted by Gasteiger charge is -2.32. The van der Waals surface area contributed by atoms with E-state index in [-0.39, 0.29) is 28.5 Å². The average molecular weight is 399 g/mol. The molecule has 4 rings (SSSR count). The van der Waals surface area contributed by atoms with Crippen molar-refractivity contribution in [1.82, 2.24) is 15.0 Å². The van der Waals surface area contributed by atoms with E-state index in [1.165, 1.54) is 6.07 Å². The molecule has 0 unspecified atom stereocenters. The van der Waals surface area contributed by atoms with Crippen molar-refractivity contribution >= 4 is 17.0 Å². The summed E-state index contributed by atoms with van der Waals surface area (Å²) in [6.45, 7) is 2.81. The molecule has 1 aliphatic heterocycles. The first-order valence-electron chi connectivity index (χ1n) is 9.89. The number of aryl methyl sites for hydroxylation is 2. The number of halogens is 2. The summed E-state index contributed by atoms with van der Waals surface area (Å²) in [5.41, 5.74) is 2.13. The van der Waals surface area contributed by atoms with Crippen molar-refractivity contribution in [2.75, 3.05) is 13.1 Å². The van der Waals surface area contributed by atoms with E-state index in [4.69, 9.17) is 4.52 Å². The number of likely N-dealkylation sites (tertiary alicyclic amines) is 1. The van der Waals surface area contributed by atoms with E-state index in [1.807, 2.05) is 35.2 Å².